The predicted molar refractivity (Wildman–Crippen MR) is 55.9 cm³/mol. The molecule has 0 fully saturated rings. The largest absolute Gasteiger partial charge is 0.478 e. The number of alkyl halides is 6. The van der Waals surface area contributed by atoms with E-state index in [1.165, 1.54) is 0 Å². The fourth-order valence-electron chi connectivity index (χ4n) is 0.636. The second kappa shape index (κ2) is 4.52. The van der Waals surface area contributed by atoms with Gasteiger partial charge in [0.2, 0.25) is 0 Å². The van der Waals surface area contributed by atoms with Crippen LogP contribution in [0.2, 0.25) is 0 Å². The Bertz CT molecular complexity index is 277. The van der Waals surface area contributed by atoms with Crippen molar-refractivity contribution in [2.45, 2.75) is 15.2 Å². The number of rotatable bonds is 1. The molecule has 2 nitrogen and oxygen atoms in total. The Balaban J connectivity index is 5.53. The smallest absolute Gasteiger partial charge is 0.423 e. The summed E-state index contributed by atoms with van der Waals surface area (Å²) in [6.45, 7) is 1.05. The molecule has 0 amide bonds. The van der Waals surface area contributed by atoms with Gasteiger partial charge in [-0.25, -0.2) is 4.79 Å². The van der Waals surface area contributed by atoms with Gasteiger partial charge in [0.05, 0.1) is 0 Å². The van der Waals surface area contributed by atoms with E-state index < -0.39 is 25.4 Å². The van der Waals surface area contributed by atoms with Crippen molar-refractivity contribution in [3.8, 4) is 0 Å². The van der Waals surface area contributed by atoms with Gasteiger partial charge in [0, 0.05) is 0 Å². The molecule has 0 aromatic rings. The number of aliphatic carboxylic acids is 1. The number of hydrogen-bond acceptors (Lipinski definition) is 1. The monoisotopic (exact) mass is 402 g/mol. The van der Waals surface area contributed by atoms with Gasteiger partial charge in [-0.2, -0.15) is 13.2 Å². The fraction of sp³-hybridized carbons (Fsp3) is 0.500. The number of hydrogen-bond donors (Lipinski definition) is 1. The summed E-state index contributed by atoms with van der Waals surface area (Å²) in [6, 6.07) is 0. The molecule has 0 rings (SSSR count). The summed E-state index contributed by atoms with van der Waals surface area (Å²) >= 11 is 8.45. The van der Waals surface area contributed by atoms with E-state index in [0.29, 0.717) is 0 Å². The van der Waals surface area contributed by atoms with Crippen LogP contribution in [0.25, 0.3) is 0 Å². The third-order valence-electron chi connectivity index (χ3n) is 1.30. The van der Waals surface area contributed by atoms with Crippen LogP contribution in [0.5, 0.6) is 0 Å². The second-order valence-electron chi connectivity index (χ2n) is 2.30. The number of halogens is 6. The fourth-order valence-corrected chi connectivity index (χ4v) is 1.23. The van der Waals surface area contributed by atoms with Crippen molar-refractivity contribution in [2.24, 2.45) is 0 Å². The first kappa shape index (κ1) is 14.4. The maximum absolute atomic E-state index is 12.3. The van der Waals surface area contributed by atoms with Gasteiger partial charge in [-0.05, 0) is 12.5 Å². The lowest BCUT2D eigenvalue weighted by molar-refractivity contribution is -0.145. The summed E-state index contributed by atoms with van der Waals surface area (Å²) in [5.41, 5.74) is -2.03. The maximum Gasteiger partial charge on any atom is 0.423 e. The standard InChI is InChI=1S/C6H4Br3F3O2/c1-2(5(7,8)9)3(4(13)14)6(10,11)12/h1H3,(H,13,14)/b3-2+. The third kappa shape index (κ3) is 3.90. The first-order valence-electron chi connectivity index (χ1n) is 3.06. The van der Waals surface area contributed by atoms with E-state index >= 15 is 0 Å². The molecule has 8 heteroatoms. The zero-order valence-electron chi connectivity index (χ0n) is 6.62. The number of allylic oxidation sites excluding steroid dienone is 1. The summed E-state index contributed by atoms with van der Waals surface area (Å²) in [6.07, 6.45) is -4.89. The number of carboxylic acids is 1. The second-order valence-corrected chi connectivity index (χ2v) is 9.06. The van der Waals surface area contributed by atoms with Gasteiger partial charge in [0.25, 0.3) is 0 Å². The molecular formula is C6H4Br3F3O2. The Morgan fingerprint density at radius 1 is 1.21 bits per heavy atom. The zero-order valence-corrected chi connectivity index (χ0v) is 11.4. The van der Waals surface area contributed by atoms with Crippen LogP contribution >= 0.6 is 47.8 Å². The topological polar surface area (TPSA) is 37.3 Å². The highest BCUT2D eigenvalue weighted by molar-refractivity contribution is 9.39. The quantitative estimate of drug-likeness (QED) is 0.533. The molecule has 0 aliphatic rings. The maximum atomic E-state index is 12.3. The van der Waals surface area contributed by atoms with Crippen LogP contribution in [0.3, 0.4) is 0 Å². The molecule has 0 aromatic heterocycles. The minimum Gasteiger partial charge on any atom is -0.478 e. The lowest BCUT2D eigenvalue weighted by atomic mass is 10.1. The number of carbonyl (C=O) groups is 1. The van der Waals surface area contributed by atoms with Gasteiger partial charge in [0.1, 0.15) is 5.57 Å². The van der Waals surface area contributed by atoms with Crippen molar-refractivity contribution >= 4 is 53.8 Å². The Morgan fingerprint density at radius 2 is 1.57 bits per heavy atom. The van der Waals surface area contributed by atoms with Gasteiger partial charge in [-0.1, -0.05) is 47.8 Å². The zero-order chi connectivity index (χ0) is 11.7. The molecule has 0 spiro atoms. The summed E-state index contributed by atoms with van der Waals surface area (Å²) < 4.78 is 35.4. The molecule has 1 N–H and O–H groups in total. The molecule has 0 saturated heterocycles. The van der Waals surface area contributed by atoms with Crippen molar-refractivity contribution in [3.63, 3.8) is 0 Å². The Kier molecular flexibility index (Phi) is 4.67. The van der Waals surface area contributed by atoms with Crippen molar-refractivity contribution in [1.82, 2.24) is 0 Å². The molecule has 0 bridgehead atoms. The van der Waals surface area contributed by atoms with Gasteiger partial charge >= 0.3 is 12.1 Å². The van der Waals surface area contributed by atoms with Crippen molar-refractivity contribution < 1.29 is 23.1 Å². The van der Waals surface area contributed by atoms with Crippen molar-refractivity contribution in [1.29, 1.82) is 0 Å². The normalized spacial score (nSPS) is 15.1. The van der Waals surface area contributed by atoms with Gasteiger partial charge in [0.15, 0.2) is 2.14 Å². The van der Waals surface area contributed by atoms with Crippen LogP contribution in [0.4, 0.5) is 13.2 Å². The Labute approximate surface area is 103 Å². The lowest BCUT2D eigenvalue weighted by Crippen LogP contribution is -2.24. The molecular weight excluding hydrogens is 401 g/mol. The SMILES string of the molecule is C/C(=C(/C(=O)O)C(F)(F)F)C(Br)(Br)Br. The van der Waals surface area contributed by atoms with Crippen molar-refractivity contribution in [3.05, 3.63) is 11.1 Å². The summed E-state index contributed by atoms with van der Waals surface area (Å²) in [4.78, 5) is 10.4. The summed E-state index contributed by atoms with van der Waals surface area (Å²) in [5, 5.41) is 8.40. The molecule has 0 saturated carbocycles. The average Bonchev–Trinajstić information content (AvgIpc) is 1.79. The van der Waals surface area contributed by atoms with E-state index in [4.69, 9.17) is 5.11 Å². The molecule has 0 atom stereocenters. The van der Waals surface area contributed by atoms with E-state index in [1.54, 1.807) is 0 Å². The summed E-state index contributed by atoms with van der Waals surface area (Å²) in [7, 11) is 0. The van der Waals surface area contributed by atoms with Crippen molar-refractivity contribution in [2.75, 3.05) is 0 Å². The van der Waals surface area contributed by atoms with E-state index in [9.17, 15) is 18.0 Å². The van der Waals surface area contributed by atoms with Crippen LogP contribution in [0.15, 0.2) is 11.1 Å². The van der Waals surface area contributed by atoms with Crippen LogP contribution in [-0.4, -0.2) is 19.4 Å². The van der Waals surface area contributed by atoms with Gasteiger partial charge in [-0.3, -0.25) is 0 Å². The highest BCUT2D eigenvalue weighted by atomic mass is 80.0. The molecule has 0 aliphatic carbocycles. The molecule has 0 radical (unpaired) electrons. The van der Waals surface area contributed by atoms with Crippen LogP contribution in [0.1, 0.15) is 6.92 Å². The highest BCUT2D eigenvalue weighted by Gasteiger charge is 2.43. The lowest BCUT2D eigenvalue weighted by Gasteiger charge is -2.18. The molecule has 0 aromatic carbocycles. The van der Waals surface area contributed by atoms with Gasteiger partial charge in [-0.15, -0.1) is 0 Å². The molecule has 0 unspecified atom stereocenters. The minimum atomic E-state index is -4.89. The Morgan fingerprint density at radius 3 is 1.64 bits per heavy atom. The molecule has 82 valence electrons. The predicted octanol–water partition coefficient (Wildman–Crippen LogP) is 3.79. The number of carboxylic acid groups (broad SMARTS) is 1. The van der Waals surface area contributed by atoms with Crippen LogP contribution in [-0.2, 0) is 4.79 Å². The first-order chi connectivity index (χ1) is 5.98. The Hall–Kier alpha value is 0.440. The minimum absolute atomic E-state index is 0.419. The summed E-state index contributed by atoms with van der Waals surface area (Å²) in [5.74, 6) is -2.02. The van der Waals surface area contributed by atoms with E-state index in [-0.39, 0.29) is 0 Å². The van der Waals surface area contributed by atoms with E-state index in [2.05, 4.69) is 47.8 Å². The molecule has 14 heavy (non-hydrogen) atoms. The average molecular weight is 405 g/mol. The molecule has 0 heterocycles. The third-order valence-corrected chi connectivity index (χ3v) is 3.08. The van der Waals surface area contributed by atoms with Gasteiger partial charge < -0.3 is 5.11 Å². The van der Waals surface area contributed by atoms with Crippen LogP contribution < -0.4 is 0 Å². The first-order valence-corrected chi connectivity index (χ1v) is 5.44. The highest BCUT2D eigenvalue weighted by Crippen LogP contribution is 2.44. The van der Waals surface area contributed by atoms with Crippen LogP contribution in [0, 0.1) is 0 Å². The molecule has 0 aliphatic heterocycles. The van der Waals surface area contributed by atoms with E-state index in [0.717, 1.165) is 6.92 Å². The van der Waals surface area contributed by atoms with E-state index in [1.807, 2.05) is 0 Å².